The monoisotopic (exact) mass is 200 g/mol. The molecule has 0 aliphatic heterocycles. The molecule has 1 N–H and O–H groups in total. The molecule has 0 radical (unpaired) electrons. The summed E-state index contributed by atoms with van der Waals surface area (Å²) in [5, 5.41) is 3.26. The maximum Gasteiger partial charge on any atom is 0.238 e. The minimum Gasteiger partial charge on any atom is -0.347 e. The van der Waals surface area contributed by atoms with Gasteiger partial charge in [-0.25, -0.2) is 0 Å². The minimum absolute atomic E-state index is 0.0872. The highest BCUT2D eigenvalue weighted by molar-refractivity contribution is 5.80. The van der Waals surface area contributed by atoms with E-state index in [4.69, 9.17) is 0 Å². The fourth-order valence-corrected chi connectivity index (χ4v) is 1.03. The third-order valence-corrected chi connectivity index (χ3v) is 2.66. The molecule has 0 heterocycles. The van der Waals surface area contributed by atoms with E-state index in [0.717, 1.165) is 13.0 Å². The molecule has 0 aromatic rings. The Kier molecular flexibility index (Phi) is 5.13. The van der Waals surface area contributed by atoms with E-state index >= 15 is 0 Å². The zero-order valence-corrected chi connectivity index (χ0v) is 10.3. The number of hydrogen-bond acceptors (Lipinski definition) is 2. The standard InChI is InChI=1S/C11H24N2O/c1-7-11(3,4)8-12-9(2)10(14)13(5)6/h9,12H,7-8H2,1-6H3. The molecule has 3 heteroatoms. The second-order valence-corrected chi connectivity index (χ2v) is 4.85. The van der Waals surface area contributed by atoms with Crippen molar-refractivity contribution in [1.82, 2.24) is 10.2 Å². The molecule has 0 spiro atoms. The van der Waals surface area contributed by atoms with Gasteiger partial charge in [-0.3, -0.25) is 4.79 Å². The van der Waals surface area contributed by atoms with Gasteiger partial charge in [-0.2, -0.15) is 0 Å². The Morgan fingerprint density at radius 3 is 2.29 bits per heavy atom. The summed E-state index contributed by atoms with van der Waals surface area (Å²) in [5.74, 6) is 0.136. The third-order valence-electron chi connectivity index (χ3n) is 2.66. The Bertz CT molecular complexity index is 188. The summed E-state index contributed by atoms with van der Waals surface area (Å²) >= 11 is 0. The molecule has 0 aromatic heterocycles. The van der Waals surface area contributed by atoms with Gasteiger partial charge >= 0.3 is 0 Å². The van der Waals surface area contributed by atoms with Crippen LogP contribution >= 0.6 is 0 Å². The number of nitrogens with zero attached hydrogens (tertiary/aromatic N) is 1. The Labute approximate surface area is 87.9 Å². The fraction of sp³-hybridized carbons (Fsp3) is 0.909. The highest BCUT2D eigenvalue weighted by atomic mass is 16.2. The van der Waals surface area contributed by atoms with Crippen LogP contribution in [0.2, 0.25) is 0 Å². The van der Waals surface area contributed by atoms with Crippen LogP contribution in [-0.4, -0.2) is 37.5 Å². The van der Waals surface area contributed by atoms with Crippen molar-refractivity contribution in [3.05, 3.63) is 0 Å². The van der Waals surface area contributed by atoms with Crippen molar-refractivity contribution < 1.29 is 4.79 Å². The SMILES string of the molecule is CCC(C)(C)CNC(C)C(=O)N(C)C. The lowest BCUT2D eigenvalue weighted by atomic mass is 9.90. The molecule has 3 nitrogen and oxygen atoms in total. The van der Waals surface area contributed by atoms with E-state index in [-0.39, 0.29) is 17.4 Å². The average Bonchev–Trinajstić information content (AvgIpc) is 2.13. The molecule has 0 saturated heterocycles. The molecule has 0 saturated carbocycles. The maximum atomic E-state index is 11.5. The zero-order valence-electron chi connectivity index (χ0n) is 10.3. The van der Waals surface area contributed by atoms with E-state index in [1.807, 2.05) is 6.92 Å². The predicted molar refractivity (Wildman–Crippen MR) is 60.2 cm³/mol. The van der Waals surface area contributed by atoms with Crippen LogP contribution in [0.25, 0.3) is 0 Å². The highest BCUT2D eigenvalue weighted by Gasteiger charge is 2.19. The number of likely N-dealkylation sites (N-methyl/N-ethyl adjacent to an activating group) is 1. The third kappa shape index (κ3) is 4.61. The molecule has 1 atom stereocenters. The minimum atomic E-state index is -0.0872. The van der Waals surface area contributed by atoms with Crippen LogP contribution in [0, 0.1) is 5.41 Å². The molecule has 0 rings (SSSR count). The molecular formula is C11H24N2O. The normalized spacial score (nSPS) is 13.9. The molecule has 84 valence electrons. The molecule has 1 amide bonds. The van der Waals surface area contributed by atoms with E-state index in [2.05, 4.69) is 26.1 Å². The lowest BCUT2D eigenvalue weighted by Crippen LogP contribution is -2.44. The molecule has 14 heavy (non-hydrogen) atoms. The van der Waals surface area contributed by atoms with Gasteiger partial charge in [0, 0.05) is 20.6 Å². The van der Waals surface area contributed by atoms with Gasteiger partial charge in [0.05, 0.1) is 6.04 Å². The molecule has 0 fully saturated rings. The molecule has 1 unspecified atom stereocenters. The smallest absolute Gasteiger partial charge is 0.238 e. The van der Waals surface area contributed by atoms with Gasteiger partial charge in [-0.15, -0.1) is 0 Å². The van der Waals surface area contributed by atoms with Gasteiger partial charge in [-0.1, -0.05) is 20.8 Å². The Balaban J connectivity index is 3.97. The average molecular weight is 200 g/mol. The van der Waals surface area contributed by atoms with Crippen molar-refractivity contribution in [3.63, 3.8) is 0 Å². The van der Waals surface area contributed by atoms with Crippen LogP contribution in [0.1, 0.15) is 34.1 Å². The number of carbonyl (C=O) groups excluding carboxylic acids is 1. The van der Waals surface area contributed by atoms with Crippen LogP contribution in [0.3, 0.4) is 0 Å². The lowest BCUT2D eigenvalue weighted by molar-refractivity contribution is -0.130. The van der Waals surface area contributed by atoms with Gasteiger partial charge in [-0.05, 0) is 18.8 Å². The fourth-order valence-electron chi connectivity index (χ4n) is 1.03. The highest BCUT2D eigenvalue weighted by Crippen LogP contribution is 2.17. The van der Waals surface area contributed by atoms with Gasteiger partial charge in [0.2, 0.25) is 5.91 Å². The first kappa shape index (κ1) is 13.4. The Hall–Kier alpha value is -0.570. The van der Waals surface area contributed by atoms with E-state index in [0.29, 0.717) is 0 Å². The topological polar surface area (TPSA) is 32.3 Å². The summed E-state index contributed by atoms with van der Waals surface area (Å²) in [6, 6.07) is -0.0872. The number of amides is 1. The summed E-state index contributed by atoms with van der Waals surface area (Å²) in [7, 11) is 3.57. The van der Waals surface area contributed by atoms with E-state index in [1.165, 1.54) is 0 Å². The Morgan fingerprint density at radius 2 is 1.93 bits per heavy atom. The summed E-state index contributed by atoms with van der Waals surface area (Å²) in [6.07, 6.45) is 1.11. The van der Waals surface area contributed by atoms with Gasteiger partial charge < -0.3 is 10.2 Å². The van der Waals surface area contributed by atoms with E-state index < -0.39 is 0 Å². The summed E-state index contributed by atoms with van der Waals surface area (Å²) in [5.41, 5.74) is 0.265. The van der Waals surface area contributed by atoms with E-state index in [1.54, 1.807) is 19.0 Å². The Morgan fingerprint density at radius 1 is 1.43 bits per heavy atom. The molecule has 0 bridgehead atoms. The lowest BCUT2D eigenvalue weighted by Gasteiger charge is -2.26. The molecule has 0 aromatic carbocycles. The zero-order chi connectivity index (χ0) is 11.4. The van der Waals surface area contributed by atoms with E-state index in [9.17, 15) is 4.79 Å². The van der Waals surface area contributed by atoms with Gasteiger partial charge in [0.15, 0.2) is 0 Å². The summed E-state index contributed by atoms with van der Waals surface area (Å²) in [4.78, 5) is 13.1. The van der Waals surface area contributed by atoms with Crippen molar-refractivity contribution in [2.24, 2.45) is 5.41 Å². The van der Waals surface area contributed by atoms with Crippen LogP contribution in [0.5, 0.6) is 0 Å². The van der Waals surface area contributed by atoms with Crippen LogP contribution in [0.15, 0.2) is 0 Å². The van der Waals surface area contributed by atoms with Crippen molar-refractivity contribution in [2.75, 3.05) is 20.6 Å². The second-order valence-electron chi connectivity index (χ2n) is 4.85. The van der Waals surface area contributed by atoms with Crippen LogP contribution < -0.4 is 5.32 Å². The van der Waals surface area contributed by atoms with Crippen LogP contribution in [-0.2, 0) is 4.79 Å². The number of rotatable bonds is 5. The maximum absolute atomic E-state index is 11.5. The first-order valence-corrected chi connectivity index (χ1v) is 5.24. The van der Waals surface area contributed by atoms with Crippen molar-refractivity contribution >= 4 is 5.91 Å². The largest absolute Gasteiger partial charge is 0.347 e. The first-order valence-electron chi connectivity index (χ1n) is 5.24. The van der Waals surface area contributed by atoms with Crippen molar-refractivity contribution in [1.29, 1.82) is 0 Å². The summed E-state index contributed by atoms with van der Waals surface area (Å²) < 4.78 is 0. The number of nitrogens with one attached hydrogen (secondary N) is 1. The van der Waals surface area contributed by atoms with Crippen LogP contribution in [0.4, 0.5) is 0 Å². The second kappa shape index (κ2) is 5.35. The molecule has 0 aliphatic carbocycles. The van der Waals surface area contributed by atoms with Gasteiger partial charge in [0.1, 0.15) is 0 Å². The number of hydrogen-bond donors (Lipinski definition) is 1. The predicted octanol–water partition coefficient (Wildman–Crippen LogP) is 1.49. The quantitative estimate of drug-likeness (QED) is 0.729. The first-order chi connectivity index (χ1) is 6.30. The molecular weight excluding hydrogens is 176 g/mol. The summed E-state index contributed by atoms with van der Waals surface area (Å²) in [6.45, 7) is 9.36. The van der Waals surface area contributed by atoms with Gasteiger partial charge in [0.25, 0.3) is 0 Å². The van der Waals surface area contributed by atoms with Crippen molar-refractivity contribution in [3.8, 4) is 0 Å². The number of carbonyl (C=O) groups is 1. The van der Waals surface area contributed by atoms with Crippen molar-refractivity contribution in [2.45, 2.75) is 40.2 Å². The molecule has 0 aliphatic rings.